The molecule has 20 heavy (non-hydrogen) atoms. The minimum absolute atomic E-state index is 0.389. The highest BCUT2D eigenvalue weighted by molar-refractivity contribution is 7.99. The molecule has 106 valence electrons. The Hall–Kier alpha value is -1.25. The van der Waals surface area contributed by atoms with Crippen molar-refractivity contribution in [2.24, 2.45) is 0 Å². The van der Waals surface area contributed by atoms with Gasteiger partial charge in [-0.15, -0.1) is 11.8 Å². The van der Waals surface area contributed by atoms with Crippen LogP contribution in [0, 0.1) is 20.8 Å². The van der Waals surface area contributed by atoms with Gasteiger partial charge in [0.15, 0.2) is 0 Å². The standard InChI is InChI=1S/C18H23NS/c1-13-7-5-9-16(11-13)20-12-18(19-4)17-10-6-8-14(2)15(17)3/h5-11,18-19H,12H2,1-4H3. The van der Waals surface area contributed by atoms with Gasteiger partial charge in [0, 0.05) is 16.7 Å². The summed E-state index contributed by atoms with van der Waals surface area (Å²) in [6.07, 6.45) is 0. The van der Waals surface area contributed by atoms with E-state index in [1.54, 1.807) is 0 Å². The molecule has 2 aromatic rings. The van der Waals surface area contributed by atoms with Crippen LogP contribution in [0.4, 0.5) is 0 Å². The summed E-state index contributed by atoms with van der Waals surface area (Å²) in [4.78, 5) is 1.34. The lowest BCUT2D eigenvalue weighted by Crippen LogP contribution is -2.20. The van der Waals surface area contributed by atoms with Crippen molar-refractivity contribution in [2.45, 2.75) is 31.7 Å². The van der Waals surface area contributed by atoms with Crippen molar-refractivity contribution in [3.63, 3.8) is 0 Å². The lowest BCUT2D eigenvalue weighted by atomic mass is 9.98. The summed E-state index contributed by atoms with van der Waals surface area (Å²) in [6, 6.07) is 15.7. The zero-order valence-corrected chi connectivity index (χ0v) is 13.6. The predicted molar refractivity (Wildman–Crippen MR) is 89.6 cm³/mol. The Kier molecular flexibility index (Phi) is 5.27. The van der Waals surface area contributed by atoms with Gasteiger partial charge in [0.25, 0.3) is 0 Å². The van der Waals surface area contributed by atoms with E-state index in [9.17, 15) is 0 Å². The number of nitrogens with one attached hydrogen (secondary N) is 1. The van der Waals surface area contributed by atoms with Crippen LogP contribution >= 0.6 is 11.8 Å². The van der Waals surface area contributed by atoms with Crippen LogP contribution in [0.3, 0.4) is 0 Å². The van der Waals surface area contributed by atoms with Crippen LogP contribution in [0.2, 0.25) is 0 Å². The Labute approximate surface area is 126 Å². The maximum absolute atomic E-state index is 3.45. The van der Waals surface area contributed by atoms with E-state index >= 15 is 0 Å². The van der Waals surface area contributed by atoms with Gasteiger partial charge < -0.3 is 5.32 Å². The Bertz CT molecular complexity index is 577. The van der Waals surface area contributed by atoms with Gasteiger partial charge in [0.05, 0.1) is 0 Å². The second kappa shape index (κ2) is 6.96. The second-order valence-corrected chi connectivity index (χ2v) is 6.35. The van der Waals surface area contributed by atoms with Crippen LogP contribution in [0.1, 0.15) is 28.3 Å². The summed E-state index contributed by atoms with van der Waals surface area (Å²) in [5.74, 6) is 1.05. The molecule has 0 radical (unpaired) electrons. The first-order valence-electron chi connectivity index (χ1n) is 7.04. The first-order chi connectivity index (χ1) is 9.61. The molecule has 0 aliphatic carbocycles. The number of hydrogen-bond donors (Lipinski definition) is 1. The molecule has 1 unspecified atom stereocenters. The minimum Gasteiger partial charge on any atom is -0.312 e. The van der Waals surface area contributed by atoms with Gasteiger partial charge in [-0.05, 0) is 56.6 Å². The van der Waals surface area contributed by atoms with Gasteiger partial charge >= 0.3 is 0 Å². The molecule has 0 bridgehead atoms. The lowest BCUT2D eigenvalue weighted by molar-refractivity contribution is 0.657. The normalized spacial score (nSPS) is 12.4. The Morgan fingerprint density at radius 2 is 1.80 bits per heavy atom. The molecule has 0 fully saturated rings. The molecule has 1 nitrogen and oxygen atoms in total. The number of rotatable bonds is 5. The summed E-state index contributed by atoms with van der Waals surface area (Å²) in [5.41, 5.74) is 5.50. The first-order valence-corrected chi connectivity index (χ1v) is 8.03. The molecule has 0 amide bonds. The van der Waals surface area contributed by atoms with Crippen LogP contribution in [-0.2, 0) is 0 Å². The van der Waals surface area contributed by atoms with E-state index in [1.807, 2.05) is 18.8 Å². The largest absolute Gasteiger partial charge is 0.312 e. The summed E-state index contributed by atoms with van der Waals surface area (Å²) < 4.78 is 0. The highest BCUT2D eigenvalue weighted by atomic mass is 32.2. The molecule has 2 heteroatoms. The third-order valence-electron chi connectivity index (χ3n) is 3.78. The number of thioether (sulfide) groups is 1. The van der Waals surface area contributed by atoms with Crippen molar-refractivity contribution in [3.8, 4) is 0 Å². The summed E-state index contributed by atoms with van der Waals surface area (Å²) in [5, 5.41) is 3.45. The molecule has 1 N–H and O–H groups in total. The molecule has 0 spiro atoms. The minimum atomic E-state index is 0.389. The fourth-order valence-electron chi connectivity index (χ4n) is 2.36. The van der Waals surface area contributed by atoms with Crippen LogP contribution < -0.4 is 5.32 Å². The summed E-state index contributed by atoms with van der Waals surface area (Å²) in [7, 11) is 2.04. The molecule has 0 aromatic heterocycles. The molecule has 2 rings (SSSR count). The quantitative estimate of drug-likeness (QED) is 0.802. The zero-order chi connectivity index (χ0) is 14.5. The molecule has 0 saturated carbocycles. The van der Waals surface area contributed by atoms with Gasteiger partial charge in [0.2, 0.25) is 0 Å². The van der Waals surface area contributed by atoms with Crippen molar-refractivity contribution in [1.29, 1.82) is 0 Å². The van der Waals surface area contributed by atoms with Gasteiger partial charge in [-0.3, -0.25) is 0 Å². The van der Waals surface area contributed by atoms with Gasteiger partial charge in [-0.25, -0.2) is 0 Å². The topological polar surface area (TPSA) is 12.0 Å². The molecule has 0 aliphatic rings. The number of benzene rings is 2. The monoisotopic (exact) mass is 285 g/mol. The molecule has 0 heterocycles. The maximum atomic E-state index is 3.45. The number of hydrogen-bond acceptors (Lipinski definition) is 2. The molecule has 0 aliphatic heterocycles. The highest BCUT2D eigenvalue weighted by Gasteiger charge is 2.13. The van der Waals surface area contributed by atoms with E-state index in [0.717, 1.165) is 5.75 Å². The first kappa shape index (κ1) is 15.1. The third kappa shape index (κ3) is 3.65. The van der Waals surface area contributed by atoms with Gasteiger partial charge in [-0.2, -0.15) is 0 Å². The van der Waals surface area contributed by atoms with Crippen LogP contribution in [0.5, 0.6) is 0 Å². The van der Waals surface area contributed by atoms with Crippen molar-refractivity contribution in [2.75, 3.05) is 12.8 Å². The fraction of sp³-hybridized carbons (Fsp3) is 0.333. The summed E-state index contributed by atoms with van der Waals surface area (Å²) in [6.45, 7) is 6.54. The van der Waals surface area contributed by atoms with Gasteiger partial charge in [-0.1, -0.05) is 35.9 Å². The number of aryl methyl sites for hydroxylation is 2. The Balaban J connectivity index is 2.11. The molecule has 1 atom stereocenters. The van der Waals surface area contributed by atoms with E-state index in [-0.39, 0.29) is 0 Å². The predicted octanol–water partition coefficient (Wildman–Crippen LogP) is 4.66. The Morgan fingerprint density at radius 1 is 1.05 bits per heavy atom. The van der Waals surface area contributed by atoms with E-state index < -0.39 is 0 Å². The smallest absolute Gasteiger partial charge is 0.0415 e. The fourth-order valence-corrected chi connectivity index (χ4v) is 3.51. The SMILES string of the molecule is CNC(CSc1cccc(C)c1)c1cccc(C)c1C. The van der Waals surface area contributed by atoms with E-state index in [2.05, 4.69) is 68.6 Å². The van der Waals surface area contributed by atoms with Crippen molar-refractivity contribution >= 4 is 11.8 Å². The van der Waals surface area contributed by atoms with Crippen molar-refractivity contribution in [1.82, 2.24) is 5.32 Å². The molecular weight excluding hydrogens is 262 g/mol. The van der Waals surface area contributed by atoms with E-state index in [0.29, 0.717) is 6.04 Å². The van der Waals surface area contributed by atoms with Crippen LogP contribution in [0.15, 0.2) is 47.4 Å². The van der Waals surface area contributed by atoms with E-state index in [4.69, 9.17) is 0 Å². The van der Waals surface area contributed by atoms with Crippen LogP contribution in [-0.4, -0.2) is 12.8 Å². The Morgan fingerprint density at radius 3 is 2.50 bits per heavy atom. The molecule has 0 saturated heterocycles. The van der Waals surface area contributed by atoms with Crippen molar-refractivity contribution in [3.05, 3.63) is 64.7 Å². The highest BCUT2D eigenvalue weighted by Crippen LogP contribution is 2.27. The molecule has 2 aromatic carbocycles. The second-order valence-electron chi connectivity index (χ2n) is 5.26. The zero-order valence-electron chi connectivity index (χ0n) is 12.7. The maximum Gasteiger partial charge on any atom is 0.0415 e. The molecular formula is C18H23NS. The van der Waals surface area contributed by atoms with E-state index in [1.165, 1.54) is 27.1 Å². The van der Waals surface area contributed by atoms with Gasteiger partial charge in [0.1, 0.15) is 0 Å². The van der Waals surface area contributed by atoms with Crippen LogP contribution in [0.25, 0.3) is 0 Å². The lowest BCUT2D eigenvalue weighted by Gasteiger charge is -2.19. The average molecular weight is 285 g/mol. The van der Waals surface area contributed by atoms with Crippen molar-refractivity contribution < 1.29 is 0 Å². The summed E-state index contributed by atoms with van der Waals surface area (Å²) >= 11 is 1.91. The third-order valence-corrected chi connectivity index (χ3v) is 4.86. The average Bonchev–Trinajstić information content (AvgIpc) is 2.44.